The summed E-state index contributed by atoms with van der Waals surface area (Å²) in [7, 11) is -3.52. The average Bonchev–Trinajstić information content (AvgIpc) is 1.94. The Hall–Kier alpha value is -1.30. The standard InChI is InChI=1S/C7H8FNO3S/c1-13(11,12)9-7-4-5(10)2-3-6(7)8/h2-4,9-10H,1H3. The van der Waals surface area contributed by atoms with Crippen LogP contribution in [0.3, 0.4) is 0 Å². The minimum atomic E-state index is -3.52. The molecule has 0 bridgehead atoms. The van der Waals surface area contributed by atoms with E-state index in [-0.39, 0.29) is 11.4 Å². The molecule has 6 heteroatoms. The zero-order valence-electron chi connectivity index (χ0n) is 6.78. The van der Waals surface area contributed by atoms with E-state index in [9.17, 15) is 12.8 Å². The molecule has 1 rings (SSSR count). The Labute approximate surface area is 75.1 Å². The van der Waals surface area contributed by atoms with Crippen molar-refractivity contribution >= 4 is 15.7 Å². The lowest BCUT2D eigenvalue weighted by atomic mass is 10.3. The number of rotatable bonds is 2. The Morgan fingerprint density at radius 2 is 2.08 bits per heavy atom. The summed E-state index contributed by atoms with van der Waals surface area (Å²) in [4.78, 5) is 0. The van der Waals surface area contributed by atoms with Gasteiger partial charge in [-0.2, -0.15) is 0 Å². The molecule has 13 heavy (non-hydrogen) atoms. The fraction of sp³-hybridized carbons (Fsp3) is 0.143. The van der Waals surface area contributed by atoms with Gasteiger partial charge in [0.2, 0.25) is 10.0 Å². The van der Waals surface area contributed by atoms with Gasteiger partial charge in [0.05, 0.1) is 11.9 Å². The summed E-state index contributed by atoms with van der Waals surface area (Å²) >= 11 is 0. The summed E-state index contributed by atoms with van der Waals surface area (Å²) in [5.41, 5.74) is -0.262. The Bertz CT molecular complexity index is 416. The van der Waals surface area contributed by atoms with Crippen LogP contribution in [-0.4, -0.2) is 19.8 Å². The highest BCUT2D eigenvalue weighted by Gasteiger charge is 2.07. The van der Waals surface area contributed by atoms with Crippen molar-refractivity contribution in [2.45, 2.75) is 0 Å². The minimum Gasteiger partial charge on any atom is -0.508 e. The van der Waals surface area contributed by atoms with E-state index in [0.717, 1.165) is 24.5 Å². The number of benzene rings is 1. The molecule has 0 spiro atoms. The smallest absolute Gasteiger partial charge is 0.229 e. The van der Waals surface area contributed by atoms with E-state index in [4.69, 9.17) is 5.11 Å². The predicted molar refractivity (Wildman–Crippen MR) is 46.5 cm³/mol. The lowest BCUT2D eigenvalue weighted by Gasteiger charge is -2.04. The number of sulfonamides is 1. The number of aromatic hydroxyl groups is 1. The molecule has 0 aliphatic carbocycles. The van der Waals surface area contributed by atoms with Gasteiger partial charge < -0.3 is 5.11 Å². The molecule has 0 fully saturated rings. The first-order chi connectivity index (χ1) is 5.88. The van der Waals surface area contributed by atoms with Crippen LogP contribution in [0.15, 0.2) is 18.2 Å². The van der Waals surface area contributed by atoms with Gasteiger partial charge in [-0.05, 0) is 12.1 Å². The molecule has 0 radical (unpaired) electrons. The van der Waals surface area contributed by atoms with E-state index in [0.29, 0.717) is 0 Å². The third kappa shape index (κ3) is 2.90. The molecule has 0 saturated heterocycles. The second-order valence-corrected chi connectivity index (χ2v) is 4.29. The van der Waals surface area contributed by atoms with Gasteiger partial charge in [-0.25, -0.2) is 12.8 Å². The molecular weight excluding hydrogens is 197 g/mol. The van der Waals surface area contributed by atoms with Gasteiger partial charge in [-0.1, -0.05) is 0 Å². The summed E-state index contributed by atoms with van der Waals surface area (Å²) in [6, 6.07) is 3.10. The van der Waals surface area contributed by atoms with E-state index < -0.39 is 15.8 Å². The molecule has 0 aliphatic rings. The van der Waals surface area contributed by atoms with Crippen LogP contribution in [0.1, 0.15) is 0 Å². The van der Waals surface area contributed by atoms with E-state index in [1.807, 2.05) is 4.72 Å². The summed E-state index contributed by atoms with van der Waals surface area (Å²) < 4.78 is 36.2. The van der Waals surface area contributed by atoms with Crippen molar-refractivity contribution in [3.8, 4) is 5.75 Å². The first-order valence-corrected chi connectivity index (χ1v) is 5.24. The highest BCUT2D eigenvalue weighted by atomic mass is 32.2. The molecule has 0 aromatic heterocycles. The quantitative estimate of drug-likeness (QED) is 0.753. The van der Waals surface area contributed by atoms with Crippen LogP contribution in [0.2, 0.25) is 0 Å². The number of phenols is 1. The first kappa shape index (κ1) is 9.79. The first-order valence-electron chi connectivity index (χ1n) is 3.35. The van der Waals surface area contributed by atoms with Crippen molar-refractivity contribution in [3.05, 3.63) is 24.0 Å². The normalized spacial score (nSPS) is 11.2. The van der Waals surface area contributed by atoms with Gasteiger partial charge in [-0.15, -0.1) is 0 Å². The maximum Gasteiger partial charge on any atom is 0.229 e. The molecule has 0 saturated carbocycles. The number of anilines is 1. The zero-order valence-corrected chi connectivity index (χ0v) is 7.60. The molecule has 2 N–H and O–H groups in total. The van der Waals surface area contributed by atoms with Gasteiger partial charge in [-0.3, -0.25) is 4.72 Å². The molecule has 1 aromatic rings. The maximum absolute atomic E-state index is 12.9. The lowest BCUT2D eigenvalue weighted by Crippen LogP contribution is -2.10. The number of halogens is 1. The summed E-state index contributed by atoms with van der Waals surface area (Å²) in [6.45, 7) is 0. The predicted octanol–water partition coefficient (Wildman–Crippen LogP) is 0.903. The highest BCUT2D eigenvalue weighted by molar-refractivity contribution is 7.92. The number of hydrogen-bond donors (Lipinski definition) is 2. The van der Waals surface area contributed by atoms with Gasteiger partial charge in [0.1, 0.15) is 11.6 Å². The second-order valence-electron chi connectivity index (χ2n) is 2.54. The number of hydrogen-bond acceptors (Lipinski definition) is 3. The van der Waals surface area contributed by atoms with E-state index in [2.05, 4.69) is 0 Å². The van der Waals surface area contributed by atoms with E-state index in [1.165, 1.54) is 0 Å². The molecule has 72 valence electrons. The van der Waals surface area contributed by atoms with Crippen LogP contribution in [0.5, 0.6) is 5.75 Å². The highest BCUT2D eigenvalue weighted by Crippen LogP contribution is 2.20. The van der Waals surface area contributed by atoms with Gasteiger partial charge in [0, 0.05) is 6.07 Å². The topological polar surface area (TPSA) is 66.4 Å². The Balaban J connectivity index is 3.08. The van der Waals surface area contributed by atoms with Crippen LogP contribution in [-0.2, 0) is 10.0 Å². The van der Waals surface area contributed by atoms with Crippen LogP contribution in [0, 0.1) is 5.82 Å². The van der Waals surface area contributed by atoms with E-state index >= 15 is 0 Å². The van der Waals surface area contributed by atoms with Crippen molar-refractivity contribution < 1.29 is 17.9 Å². The van der Waals surface area contributed by atoms with Gasteiger partial charge >= 0.3 is 0 Å². The van der Waals surface area contributed by atoms with Crippen molar-refractivity contribution in [2.75, 3.05) is 11.0 Å². The molecule has 1 aromatic carbocycles. The largest absolute Gasteiger partial charge is 0.508 e. The second kappa shape index (κ2) is 3.21. The fourth-order valence-corrected chi connectivity index (χ4v) is 1.35. The number of nitrogens with one attached hydrogen (secondary N) is 1. The van der Waals surface area contributed by atoms with Crippen molar-refractivity contribution in [1.82, 2.24) is 0 Å². The minimum absolute atomic E-state index is 0.201. The molecular formula is C7H8FNO3S. The van der Waals surface area contributed by atoms with E-state index in [1.54, 1.807) is 0 Å². The third-order valence-electron chi connectivity index (χ3n) is 1.25. The molecule has 0 unspecified atom stereocenters. The van der Waals surface area contributed by atoms with Crippen LogP contribution in [0.4, 0.5) is 10.1 Å². The molecule has 0 aliphatic heterocycles. The van der Waals surface area contributed by atoms with Crippen LogP contribution < -0.4 is 4.72 Å². The Morgan fingerprint density at radius 1 is 1.46 bits per heavy atom. The van der Waals surface area contributed by atoms with Crippen molar-refractivity contribution in [1.29, 1.82) is 0 Å². The molecule has 0 heterocycles. The van der Waals surface area contributed by atoms with Gasteiger partial charge in [0.15, 0.2) is 0 Å². The summed E-state index contributed by atoms with van der Waals surface area (Å²) in [5.74, 6) is -0.934. The molecule has 4 nitrogen and oxygen atoms in total. The maximum atomic E-state index is 12.9. The summed E-state index contributed by atoms with van der Waals surface area (Å²) in [5, 5.41) is 8.93. The monoisotopic (exact) mass is 205 g/mol. The third-order valence-corrected chi connectivity index (χ3v) is 1.84. The zero-order chi connectivity index (χ0) is 10.1. The SMILES string of the molecule is CS(=O)(=O)Nc1cc(O)ccc1F. The van der Waals surface area contributed by atoms with Crippen LogP contribution in [0.25, 0.3) is 0 Å². The Kier molecular flexibility index (Phi) is 2.42. The van der Waals surface area contributed by atoms with Crippen molar-refractivity contribution in [2.24, 2.45) is 0 Å². The summed E-state index contributed by atoms with van der Waals surface area (Å²) in [6.07, 6.45) is 0.899. The van der Waals surface area contributed by atoms with Gasteiger partial charge in [0.25, 0.3) is 0 Å². The molecule has 0 atom stereocenters. The average molecular weight is 205 g/mol. The fourth-order valence-electron chi connectivity index (χ4n) is 0.791. The van der Waals surface area contributed by atoms with Crippen LogP contribution >= 0.6 is 0 Å². The van der Waals surface area contributed by atoms with Crippen molar-refractivity contribution in [3.63, 3.8) is 0 Å². The number of phenolic OH excluding ortho intramolecular Hbond substituents is 1. The molecule has 0 amide bonds. The lowest BCUT2D eigenvalue weighted by molar-refractivity contribution is 0.473. The Morgan fingerprint density at radius 3 is 2.62 bits per heavy atom.